The second-order valence-corrected chi connectivity index (χ2v) is 2.96. The lowest BCUT2D eigenvalue weighted by atomic mass is 10.2. The molecule has 0 aliphatic rings. The van der Waals surface area contributed by atoms with Crippen LogP contribution in [0.4, 0.5) is 0 Å². The smallest absolute Gasteiger partial charge is 0.243 e. The van der Waals surface area contributed by atoms with Gasteiger partial charge in [0.05, 0.1) is 12.1 Å². The Hall–Kier alpha value is -1.34. The van der Waals surface area contributed by atoms with E-state index in [1.54, 1.807) is 6.92 Å². The van der Waals surface area contributed by atoms with E-state index in [9.17, 15) is 0 Å². The molecule has 0 bridgehead atoms. The Bertz CT molecular complexity index is 313. The van der Waals surface area contributed by atoms with E-state index in [2.05, 4.69) is 21.4 Å². The van der Waals surface area contributed by atoms with Gasteiger partial charge in [-0.05, 0) is 20.8 Å². The van der Waals surface area contributed by atoms with Crippen LogP contribution in [0.1, 0.15) is 31.6 Å². The summed E-state index contributed by atoms with van der Waals surface area (Å²) in [6, 6.07) is -0.00513. The number of hydrogen-bond donors (Lipinski definition) is 1. The van der Waals surface area contributed by atoms with Gasteiger partial charge in [-0.3, -0.25) is 5.32 Å². The third kappa shape index (κ3) is 2.56. The van der Waals surface area contributed by atoms with Gasteiger partial charge in [-0.2, -0.15) is 4.98 Å². The minimum atomic E-state index is -0.00718. The van der Waals surface area contributed by atoms with Gasteiger partial charge in [0.15, 0.2) is 5.82 Å². The van der Waals surface area contributed by atoms with Crippen molar-refractivity contribution in [1.29, 1.82) is 0 Å². The molecule has 2 atom stereocenters. The number of aryl methyl sites for hydroxylation is 1. The van der Waals surface area contributed by atoms with Crippen molar-refractivity contribution in [3.05, 3.63) is 11.7 Å². The van der Waals surface area contributed by atoms with E-state index >= 15 is 0 Å². The zero-order valence-corrected chi connectivity index (χ0v) is 8.03. The summed E-state index contributed by atoms with van der Waals surface area (Å²) in [5.74, 6) is 3.78. The van der Waals surface area contributed by atoms with Crippen molar-refractivity contribution in [2.45, 2.75) is 32.9 Å². The Morgan fingerprint density at radius 3 is 2.69 bits per heavy atom. The Labute approximate surface area is 77.7 Å². The Kier molecular flexibility index (Phi) is 3.04. The zero-order valence-electron chi connectivity index (χ0n) is 8.03. The van der Waals surface area contributed by atoms with Gasteiger partial charge in [0.2, 0.25) is 5.89 Å². The lowest BCUT2D eigenvalue weighted by molar-refractivity contribution is 0.333. The quantitative estimate of drug-likeness (QED) is 0.705. The normalized spacial score (nSPS) is 14.9. The predicted molar refractivity (Wildman–Crippen MR) is 48.9 cm³/mol. The number of nitrogens with zero attached hydrogens (tertiary/aromatic N) is 2. The summed E-state index contributed by atoms with van der Waals surface area (Å²) in [6.45, 7) is 5.62. The summed E-state index contributed by atoms with van der Waals surface area (Å²) in [4.78, 5) is 4.09. The van der Waals surface area contributed by atoms with Gasteiger partial charge < -0.3 is 4.52 Å². The first kappa shape index (κ1) is 9.75. The summed E-state index contributed by atoms with van der Waals surface area (Å²) in [7, 11) is 0. The van der Waals surface area contributed by atoms with Crippen molar-refractivity contribution < 1.29 is 4.52 Å². The van der Waals surface area contributed by atoms with Gasteiger partial charge in [0, 0.05) is 0 Å². The molecule has 1 heterocycles. The van der Waals surface area contributed by atoms with E-state index < -0.39 is 0 Å². The summed E-state index contributed by atoms with van der Waals surface area (Å²) in [5, 5.41) is 6.82. The largest absolute Gasteiger partial charge is 0.338 e. The van der Waals surface area contributed by atoms with E-state index in [4.69, 9.17) is 10.9 Å². The molecule has 4 nitrogen and oxygen atoms in total. The summed E-state index contributed by atoms with van der Waals surface area (Å²) >= 11 is 0. The fourth-order valence-electron chi connectivity index (χ4n) is 0.983. The molecule has 70 valence electrons. The van der Waals surface area contributed by atoms with E-state index in [-0.39, 0.29) is 12.1 Å². The van der Waals surface area contributed by atoms with Gasteiger partial charge in [0.1, 0.15) is 0 Å². The first-order valence-electron chi connectivity index (χ1n) is 4.16. The van der Waals surface area contributed by atoms with Crippen LogP contribution in [-0.2, 0) is 0 Å². The fourth-order valence-corrected chi connectivity index (χ4v) is 0.983. The number of terminal acetylenes is 1. The average Bonchev–Trinajstić information content (AvgIpc) is 2.51. The Balaban J connectivity index is 2.59. The van der Waals surface area contributed by atoms with Gasteiger partial charge in [0.25, 0.3) is 0 Å². The Morgan fingerprint density at radius 2 is 2.23 bits per heavy atom. The highest BCUT2D eigenvalue weighted by Gasteiger charge is 2.13. The molecule has 0 aliphatic carbocycles. The highest BCUT2D eigenvalue weighted by atomic mass is 16.5. The minimum Gasteiger partial charge on any atom is -0.338 e. The van der Waals surface area contributed by atoms with Crippen molar-refractivity contribution >= 4 is 0 Å². The van der Waals surface area contributed by atoms with Gasteiger partial charge >= 0.3 is 0 Å². The molecule has 0 aliphatic heterocycles. The number of nitrogens with one attached hydrogen (secondary N) is 1. The second-order valence-electron chi connectivity index (χ2n) is 2.96. The van der Waals surface area contributed by atoms with Crippen LogP contribution >= 0.6 is 0 Å². The van der Waals surface area contributed by atoms with E-state index in [0.29, 0.717) is 11.7 Å². The third-order valence-corrected chi connectivity index (χ3v) is 1.66. The lowest BCUT2D eigenvalue weighted by Gasteiger charge is -2.11. The SMILES string of the molecule is C#CC(C)NC(C)c1nc(C)no1. The number of aromatic nitrogens is 2. The highest BCUT2D eigenvalue weighted by molar-refractivity contribution is 4.99. The van der Waals surface area contributed by atoms with Crippen LogP contribution in [-0.4, -0.2) is 16.2 Å². The molecule has 13 heavy (non-hydrogen) atoms. The monoisotopic (exact) mass is 179 g/mol. The molecule has 0 aromatic carbocycles. The molecule has 2 unspecified atom stereocenters. The first-order chi connectivity index (χ1) is 6.13. The van der Waals surface area contributed by atoms with E-state index in [1.165, 1.54) is 0 Å². The maximum absolute atomic E-state index is 5.22. The molecule has 1 aromatic rings. The highest BCUT2D eigenvalue weighted by Crippen LogP contribution is 2.09. The minimum absolute atomic E-state index is 0.00204. The molecule has 0 amide bonds. The molecule has 0 saturated carbocycles. The molecule has 1 aromatic heterocycles. The maximum atomic E-state index is 5.22. The van der Waals surface area contributed by atoms with Crippen LogP contribution in [0.5, 0.6) is 0 Å². The Morgan fingerprint density at radius 1 is 1.54 bits per heavy atom. The van der Waals surface area contributed by atoms with Crippen molar-refractivity contribution in [2.75, 3.05) is 0 Å². The van der Waals surface area contributed by atoms with Gasteiger partial charge in [-0.25, -0.2) is 0 Å². The van der Waals surface area contributed by atoms with Crippen molar-refractivity contribution in [2.24, 2.45) is 0 Å². The standard InChI is InChI=1S/C9H13N3O/c1-5-6(2)10-7(3)9-11-8(4)12-13-9/h1,6-7,10H,2-4H3. The molecule has 0 fully saturated rings. The van der Waals surface area contributed by atoms with Crippen LogP contribution in [0.2, 0.25) is 0 Å². The van der Waals surface area contributed by atoms with Crippen molar-refractivity contribution in [1.82, 2.24) is 15.5 Å². The lowest BCUT2D eigenvalue weighted by Crippen LogP contribution is -2.27. The average molecular weight is 179 g/mol. The molecule has 0 saturated heterocycles. The van der Waals surface area contributed by atoms with Gasteiger partial charge in [-0.15, -0.1) is 6.42 Å². The van der Waals surface area contributed by atoms with E-state index in [1.807, 2.05) is 13.8 Å². The molecule has 0 radical (unpaired) electrons. The topological polar surface area (TPSA) is 51.0 Å². The van der Waals surface area contributed by atoms with Crippen LogP contribution in [0.3, 0.4) is 0 Å². The second kappa shape index (κ2) is 4.06. The summed E-state index contributed by atoms with van der Waals surface area (Å²) < 4.78 is 4.98. The molecule has 4 heteroatoms. The molecule has 0 spiro atoms. The molecule has 1 N–H and O–H groups in total. The number of hydrogen-bond acceptors (Lipinski definition) is 4. The number of rotatable bonds is 3. The van der Waals surface area contributed by atoms with E-state index in [0.717, 1.165) is 0 Å². The summed E-state index contributed by atoms with van der Waals surface area (Å²) in [5.41, 5.74) is 0. The van der Waals surface area contributed by atoms with Crippen LogP contribution in [0, 0.1) is 19.3 Å². The van der Waals surface area contributed by atoms with Gasteiger partial charge in [-0.1, -0.05) is 11.1 Å². The zero-order chi connectivity index (χ0) is 9.84. The van der Waals surface area contributed by atoms with Crippen LogP contribution in [0.25, 0.3) is 0 Å². The molecular formula is C9H13N3O. The predicted octanol–water partition coefficient (Wildman–Crippen LogP) is 1.05. The maximum Gasteiger partial charge on any atom is 0.243 e. The summed E-state index contributed by atoms with van der Waals surface area (Å²) in [6.07, 6.45) is 5.22. The van der Waals surface area contributed by atoms with Crippen molar-refractivity contribution in [3.63, 3.8) is 0 Å². The molecular weight excluding hydrogens is 166 g/mol. The molecule has 1 rings (SSSR count). The fraction of sp³-hybridized carbons (Fsp3) is 0.556. The third-order valence-electron chi connectivity index (χ3n) is 1.66. The van der Waals surface area contributed by atoms with Crippen molar-refractivity contribution in [3.8, 4) is 12.3 Å². The van der Waals surface area contributed by atoms with Crippen LogP contribution in [0.15, 0.2) is 4.52 Å². The van der Waals surface area contributed by atoms with Crippen LogP contribution < -0.4 is 5.32 Å². The first-order valence-corrected chi connectivity index (χ1v) is 4.16.